The minimum absolute atomic E-state index is 0.0496. The third-order valence-corrected chi connectivity index (χ3v) is 7.11. The SMILES string of the molecule is CCc1ccc(-n2nc3cc(C)c(NC(=O)c4ccc(N5CCC(C)CC5)c([N+](=O)[O-])c4)cc3n2)cc1. The van der Waals surface area contributed by atoms with E-state index in [9.17, 15) is 14.9 Å². The standard InChI is InChI=1S/C28H30N6O3/c1-4-20-5-8-22(9-6-20)33-30-24-15-19(3)23(17-25(24)31-33)29-28(35)21-7-10-26(27(16-21)34(36)37)32-13-11-18(2)12-14-32/h5-10,15-18H,4,11-14H2,1-3H3,(H,29,35). The van der Waals surface area contributed by atoms with E-state index in [1.54, 1.807) is 23.0 Å². The van der Waals surface area contributed by atoms with Crippen molar-refractivity contribution in [3.8, 4) is 5.69 Å². The molecule has 0 saturated carbocycles. The molecule has 0 atom stereocenters. The van der Waals surface area contributed by atoms with Crippen molar-refractivity contribution in [2.24, 2.45) is 5.92 Å². The summed E-state index contributed by atoms with van der Waals surface area (Å²) < 4.78 is 0. The van der Waals surface area contributed by atoms with Crippen LogP contribution in [-0.4, -0.2) is 38.9 Å². The molecule has 37 heavy (non-hydrogen) atoms. The number of piperidine rings is 1. The van der Waals surface area contributed by atoms with Gasteiger partial charge in [0.15, 0.2) is 0 Å². The number of aryl methyl sites for hydroxylation is 2. The van der Waals surface area contributed by atoms with Gasteiger partial charge in [0.1, 0.15) is 16.7 Å². The molecule has 0 spiro atoms. The summed E-state index contributed by atoms with van der Waals surface area (Å²) >= 11 is 0. The summed E-state index contributed by atoms with van der Waals surface area (Å²) in [5, 5.41) is 23.9. The molecule has 1 saturated heterocycles. The number of hydrogen-bond donors (Lipinski definition) is 1. The van der Waals surface area contributed by atoms with Crippen molar-refractivity contribution in [3.63, 3.8) is 0 Å². The highest BCUT2D eigenvalue weighted by Gasteiger charge is 2.25. The number of hydrogen-bond acceptors (Lipinski definition) is 6. The van der Waals surface area contributed by atoms with Gasteiger partial charge >= 0.3 is 0 Å². The van der Waals surface area contributed by atoms with Crippen molar-refractivity contribution in [2.45, 2.75) is 40.0 Å². The van der Waals surface area contributed by atoms with E-state index in [4.69, 9.17) is 0 Å². The normalized spacial score (nSPS) is 14.2. The Morgan fingerprint density at radius 1 is 1.05 bits per heavy atom. The lowest BCUT2D eigenvalue weighted by atomic mass is 9.98. The Bertz CT molecular complexity index is 1470. The molecule has 0 aliphatic carbocycles. The van der Waals surface area contributed by atoms with Crippen LogP contribution in [0.4, 0.5) is 17.1 Å². The van der Waals surface area contributed by atoms with E-state index in [0.29, 0.717) is 28.3 Å². The van der Waals surface area contributed by atoms with Crippen molar-refractivity contribution in [1.29, 1.82) is 0 Å². The largest absolute Gasteiger partial charge is 0.366 e. The van der Waals surface area contributed by atoms with Crippen molar-refractivity contribution in [1.82, 2.24) is 15.0 Å². The molecule has 1 aliphatic heterocycles. The maximum absolute atomic E-state index is 13.1. The molecule has 5 rings (SSSR count). The van der Waals surface area contributed by atoms with E-state index in [0.717, 1.165) is 43.6 Å². The minimum atomic E-state index is -0.410. The maximum atomic E-state index is 13.1. The first-order valence-corrected chi connectivity index (χ1v) is 12.6. The summed E-state index contributed by atoms with van der Waals surface area (Å²) in [6.45, 7) is 7.73. The van der Waals surface area contributed by atoms with Gasteiger partial charge in [0.05, 0.1) is 10.6 Å². The third-order valence-electron chi connectivity index (χ3n) is 7.11. The number of benzene rings is 3. The summed E-state index contributed by atoms with van der Waals surface area (Å²) in [7, 11) is 0. The molecule has 9 heteroatoms. The first-order chi connectivity index (χ1) is 17.8. The average Bonchev–Trinajstić information content (AvgIpc) is 3.31. The number of anilines is 2. The molecule has 1 fully saturated rings. The van der Waals surface area contributed by atoms with Gasteiger partial charge in [-0.3, -0.25) is 14.9 Å². The molecule has 1 N–H and O–H groups in total. The highest BCUT2D eigenvalue weighted by Crippen LogP contribution is 2.33. The molecular formula is C28H30N6O3. The summed E-state index contributed by atoms with van der Waals surface area (Å²) in [5.41, 5.74) is 5.60. The first-order valence-electron chi connectivity index (χ1n) is 12.6. The van der Waals surface area contributed by atoms with Crippen molar-refractivity contribution >= 4 is 34.0 Å². The van der Waals surface area contributed by atoms with Gasteiger partial charge in [-0.25, -0.2) is 0 Å². The molecule has 1 amide bonds. The lowest BCUT2D eigenvalue weighted by molar-refractivity contribution is -0.384. The fourth-order valence-corrected chi connectivity index (χ4v) is 4.71. The number of fused-ring (bicyclic) bond motifs is 1. The number of nitro groups is 1. The summed E-state index contributed by atoms with van der Waals surface area (Å²) in [6.07, 6.45) is 2.95. The molecule has 0 unspecified atom stereocenters. The second-order valence-corrected chi connectivity index (χ2v) is 9.75. The summed E-state index contributed by atoms with van der Waals surface area (Å²) in [4.78, 5) is 28.2. The molecule has 0 bridgehead atoms. The van der Waals surface area contributed by atoms with Gasteiger partial charge in [-0.15, -0.1) is 10.2 Å². The van der Waals surface area contributed by atoms with E-state index in [2.05, 4.69) is 41.5 Å². The predicted molar refractivity (Wildman–Crippen MR) is 145 cm³/mol. The highest BCUT2D eigenvalue weighted by atomic mass is 16.6. The van der Waals surface area contributed by atoms with Crippen LogP contribution in [-0.2, 0) is 6.42 Å². The quantitative estimate of drug-likeness (QED) is 0.270. The highest BCUT2D eigenvalue weighted by molar-refractivity contribution is 6.06. The predicted octanol–water partition coefficient (Wildman–Crippen LogP) is 5.69. The Morgan fingerprint density at radius 3 is 2.38 bits per heavy atom. The molecule has 1 aliphatic rings. The van der Waals surface area contributed by atoms with Gasteiger partial charge in [-0.1, -0.05) is 26.0 Å². The van der Waals surface area contributed by atoms with Crippen molar-refractivity contribution in [3.05, 3.63) is 81.4 Å². The second kappa shape index (κ2) is 10.0. The lowest BCUT2D eigenvalue weighted by Crippen LogP contribution is -2.33. The molecule has 2 heterocycles. The van der Waals surface area contributed by atoms with Crippen LogP contribution >= 0.6 is 0 Å². The van der Waals surface area contributed by atoms with Crippen LogP contribution in [0.15, 0.2) is 54.6 Å². The minimum Gasteiger partial charge on any atom is -0.366 e. The Morgan fingerprint density at radius 2 is 1.73 bits per heavy atom. The van der Waals surface area contributed by atoms with E-state index in [1.165, 1.54) is 11.6 Å². The number of aromatic nitrogens is 3. The lowest BCUT2D eigenvalue weighted by Gasteiger charge is -2.31. The van der Waals surface area contributed by atoms with Crippen LogP contribution in [0, 0.1) is 23.0 Å². The Kier molecular flexibility index (Phi) is 6.60. The molecular weight excluding hydrogens is 468 g/mol. The van der Waals surface area contributed by atoms with Gasteiger partial charge in [0, 0.05) is 30.4 Å². The van der Waals surface area contributed by atoms with Gasteiger partial charge in [0.25, 0.3) is 11.6 Å². The van der Waals surface area contributed by atoms with Gasteiger partial charge in [-0.05, 0) is 79.6 Å². The van der Waals surface area contributed by atoms with E-state index in [-0.39, 0.29) is 11.3 Å². The Hall–Kier alpha value is -4.27. The number of nitrogens with one attached hydrogen (secondary N) is 1. The number of amides is 1. The van der Waals surface area contributed by atoms with Crippen LogP contribution in [0.5, 0.6) is 0 Å². The van der Waals surface area contributed by atoms with Crippen LogP contribution in [0.25, 0.3) is 16.7 Å². The second-order valence-electron chi connectivity index (χ2n) is 9.75. The zero-order valence-corrected chi connectivity index (χ0v) is 21.3. The zero-order valence-electron chi connectivity index (χ0n) is 21.3. The van der Waals surface area contributed by atoms with E-state index >= 15 is 0 Å². The van der Waals surface area contributed by atoms with Crippen LogP contribution in [0.2, 0.25) is 0 Å². The van der Waals surface area contributed by atoms with Crippen molar-refractivity contribution in [2.75, 3.05) is 23.3 Å². The Balaban J connectivity index is 1.39. The molecule has 4 aromatic rings. The van der Waals surface area contributed by atoms with Crippen LogP contribution in [0.3, 0.4) is 0 Å². The fraction of sp³-hybridized carbons (Fsp3) is 0.321. The molecule has 190 valence electrons. The topological polar surface area (TPSA) is 106 Å². The molecule has 0 radical (unpaired) electrons. The Labute approximate surface area is 215 Å². The summed E-state index contributed by atoms with van der Waals surface area (Å²) in [6, 6.07) is 16.4. The molecule has 9 nitrogen and oxygen atoms in total. The monoisotopic (exact) mass is 498 g/mol. The van der Waals surface area contributed by atoms with E-state index in [1.807, 2.05) is 30.0 Å². The zero-order chi connectivity index (χ0) is 26.1. The molecule has 1 aromatic heterocycles. The summed E-state index contributed by atoms with van der Waals surface area (Å²) in [5.74, 6) is 0.205. The van der Waals surface area contributed by atoms with Gasteiger partial charge in [0.2, 0.25) is 0 Å². The van der Waals surface area contributed by atoms with Crippen molar-refractivity contribution < 1.29 is 9.72 Å². The van der Waals surface area contributed by atoms with E-state index < -0.39 is 10.8 Å². The van der Waals surface area contributed by atoms with Crippen LogP contribution < -0.4 is 10.2 Å². The maximum Gasteiger partial charge on any atom is 0.293 e. The van der Waals surface area contributed by atoms with Gasteiger partial charge < -0.3 is 10.2 Å². The first kappa shape index (κ1) is 24.4. The number of carbonyl (C=O) groups is 1. The number of rotatable bonds is 6. The molecule has 3 aromatic carbocycles. The number of nitro benzene ring substituents is 1. The number of carbonyl (C=O) groups excluding carboxylic acids is 1. The van der Waals surface area contributed by atoms with Crippen LogP contribution in [0.1, 0.15) is 48.2 Å². The smallest absolute Gasteiger partial charge is 0.293 e. The average molecular weight is 499 g/mol. The number of nitrogens with zero attached hydrogens (tertiary/aromatic N) is 5. The fourth-order valence-electron chi connectivity index (χ4n) is 4.71. The third kappa shape index (κ3) is 5.02. The van der Waals surface area contributed by atoms with Gasteiger partial charge in [-0.2, -0.15) is 4.80 Å².